The van der Waals surface area contributed by atoms with Gasteiger partial charge in [0.2, 0.25) is 0 Å². The van der Waals surface area contributed by atoms with Gasteiger partial charge in [-0.15, -0.1) is 0 Å². The van der Waals surface area contributed by atoms with E-state index in [1.807, 2.05) is 0 Å². The summed E-state index contributed by atoms with van der Waals surface area (Å²) >= 11 is 0. The molecular weight excluding hydrogens is 440 g/mol. The Morgan fingerprint density at radius 2 is 1.79 bits per heavy atom. The van der Waals surface area contributed by atoms with E-state index in [0.29, 0.717) is 5.69 Å². The molecule has 0 unspecified atom stereocenters. The molecular formula is C18H18N8O7. The lowest BCUT2D eigenvalue weighted by Gasteiger charge is -2.05. The van der Waals surface area contributed by atoms with Crippen molar-refractivity contribution < 1.29 is 24.0 Å². The molecule has 0 fully saturated rings. The van der Waals surface area contributed by atoms with Gasteiger partial charge in [0.1, 0.15) is 17.9 Å². The van der Waals surface area contributed by atoms with Crippen LogP contribution in [0, 0.1) is 34.1 Å². The molecule has 0 spiro atoms. The number of non-ortho nitro benzene ring substituents is 1. The first-order valence-corrected chi connectivity index (χ1v) is 9.49. The minimum absolute atomic E-state index is 0.0286. The van der Waals surface area contributed by atoms with Gasteiger partial charge in [0.05, 0.1) is 9.85 Å². The first-order chi connectivity index (χ1) is 15.7. The average molecular weight is 458 g/mol. The smallest absolute Gasteiger partial charge is 0.316 e. The van der Waals surface area contributed by atoms with Gasteiger partial charge < -0.3 is 15.2 Å². The third kappa shape index (κ3) is 5.33. The quantitative estimate of drug-likeness (QED) is 0.263. The zero-order chi connectivity index (χ0) is 24.1. The van der Waals surface area contributed by atoms with E-state index >= 15 is 0 Å². The largest absolute Gasteiger partial charge is 0.350 e. The van der Waals surface area contributed by atoms with Gasteiger partial charge in [-0.1, -0.05) is 11.2 Å². The van der Waals surface area contributed by atoms with E-state index in [4.69, 9.17) is 4.52 Å². The average Bonchev–Trinajstić information content (AvgIpc) is 3.35. The topological polar surface area (TPSA) is 201 Å². The standard InChI is InChI=1S/C18H18N8O7/c1-10-15(26(31)32)11(2)24(22-10)9-14-21-18(33-23-14)17(28)20-7-6-19-16(27)12-4-3-5-13(8-12)25(29)30/h3-5,8H,6-7,9H2,1-2H3,(H,19,27)(H,20,28). The van der Waals surface area contributed by atoms with E-state index in [1.165, 1.54) is 36.7 Å². The van der Waals surface area contributed by atoms with Crippen molar-refractivity contribution in [1.29, 1.82) is 0 Å². The van der Waals surface area contributed by atoms with Crippen molar-refractivity contribution in [2.75, 3.05) is 13.1 Å². The maximum Gasteiger partial charge on any atom is 0.316 e. The van der Waals surface area contributed by atoms with Crippen molar-refractivity contribution >= 4 is 23.2 Å². The second kappa shape index (κ2) is 9.63. The minimum Gasteiger partial charge on any atom is -0.350 e. The van der Waals surface area contributed by atoms with Crippen LogP contribution in [-0.4, -0.2) is 54.7 Å². The molecule has 2 heterocycles. The summed E-state index contributed by atoms with van der Waals surface area (Å²) in [6.07, 6.45) is 0. The Balaban J connectivity index is 1.51. The van der Waals surface area contributed by atoms with Gasteiger partial charge in [0.15, 0.2) is 5.82 Å². The Bertz CT molecular complexity index is 1230. The third-order valence-corrected chi connectivity index (χ3v) is 4.49. The molecule has 2 N–H and O–H groups in total. The number of nitrogens with one attached hydrogen (secondary N) is 2. The Kier molecular flexibility index (Phi) is 6.71. The lowest BCUT2D eigenvalue weighted by atomic mass is 10.2. The van der Waals surface area contributed by atoms with Crippen molar-refractivity contribution in [2.24, 2.45) is 0 Å². The zero-order valence-electron chi connectivity index (χ0n) is 17.5. The monoisotopic (exact) mass is 458 g/mol. The summed E-state index contributed by atoms with van der Waals surface area (Å²) < 4.78 is 6.24. The van der Waals surface area contributed by atoms with Crippen LogP contribution in [0.3, 0.4) is 0 Å². The molecule has 3 aromatic rings. The number of rotatable bonds is 9. The molecule has 15 heteroatoms. The second-order valence-electron chi connectivity index (χ2n) is 6.77. The van der Waals surface area contributed by atoms with Gasteiger partial charge in [-0.3, -0.25) is 34.5 Å². The van der Waals surface area contributed by atoms with Crippen LogP contribution in [-0.2, 0) is 6.54 Å². The van der Waals surface area contributed by atoms with E-state index in [9.17, 15) is 29.8 Å². The fourth-order valence-corrected chi connectivity index (χ4v) is 2.94. The summed E-state index contributed by atoms with van der Waals surface area (Å²) in [5.41, 5.74) is 0.349. The van der Waals surface area contributed by atoms with E-state index in [1.54, 1.807) is 0 Å². The predicted octanol–water partition coefficient (Wildman–Crippen LogP) is 0.907. The highest BCUT2D eigenvalue weighted by molar-refractivity contribution is 5.94. The SMILES string of the molecule is Cc1nn(Cc2noc(C(=O)NCCNC(=O)c3cccc([N+](=O)[O-])c3)n2)c(C)c1[N+](=O)[O-]. The van der Waals surface area contributed by atoms with Crippen LogP contribution in [0.5, 0.6) is 0 Å². The third-order valence-electron chi connectivity index (χ3n) is 4.49. The first kappa shape index (κ1) is 23.0. The number of nitro benzene ring substituents is 1. The van der Waals surface area contributed by atoms with Gasteiger partial charge in [-0.05, 0) is 19.9 Å². The van der Waals surface area contributed by atoms with Crippen LogP contribution in [0.25, 0.3) is 0 Å². The number of amides is 2. The summed E-state index contributed by atoms with van der Waals surface area (Å²) in [5, 5.41) is 34.6. The summed E-state index contributed by atoms with van der Waals surface area (Å²) in [7, 11) is 0. The Labute approximate surface area is 185 Å². The van der Waals surface area contributed by atoms with Gasteiger partial charge in [-0.25, -0.2) is 0 Å². The Morgan fingerprint density at radius 1 is 1.09 bits per heavy atom. The van der Waals surface area contributed by atoms with Crippen molar-refractivity contribution in [3.63, 3.8) is 0 Å². The molecule has 0 radical (unpaired) electrons. The van der Waals surface area contributed by atoms with Crippen LogP contribution in [0.1, 0.15) is 38.3 Å². The fraction of sp³-hybridized carbons (Fsp3) is 0.278. The number of nitro groups is 2. The molecule has 0 saturated heterocycles. The molecule has 1 aromatic carbocycles. The van der Waals surface area contributed by atoms with Gasteiger partial charge in [0, 0.05) is 30.8 Å². The number of hydrogen-bond donors (Lipinski definition) is 2. The lowest BCUT2D eigenvalue weighted by Crippen LogP contribution is -2.34. The highest BCUT2D eigenvalue weighted by Crippen LogP contribution is 2.22. The highest BCUT2D eigenvalue weighted by Gasteiger charge is 2.23. The zero-order valence-corrected chi connectivity index (χ0v) is 17.5. The van der Waals surface area contributed by atoms with E-state index in [-0.39, 0.29) is 54.0 Å². The molecule has 172 valence electrons. The van der Waals surface area contributed by atoms with Crippen molar-refractivity contribution in [3.05, 3.63) is 73.2 Å². The van der Waals surface area contributed by atoms with Crippen LogP contribution in [0.15, 0.2) is 28.8 Å². The molecule has 0 aliphatic heterocycles. The molecule has 0 bridgehead atoms. The molecule has 0 saturated carbocycles. The van der Waals surface area contributed by atoms with E-state index < -0.39 is 21.7 Å². The summed E-state index contributed by atoms with van der Waals surface area (Å²) in [6.45, 7) is 3.09. The number of aryl methyl sites for hydroxylation is 1. The molecule has 0 aliphatic carbocycles. The lowest BCUT2D eigenvalue weighted by molar-refractivity contribution is -0.386. The molecule has 3 rings (SSSR count). The number of hydrogen-bond acceptors (Lipinski definition) is 10. The van der Waals surface area contributed by atoms with Crippen LogP contribution in [0.4, 0.5) is 11.4 Å². The van der Waals surface area contributed by atoms with Crippen molar-refractivity contribution in [2.45, 2.75) is 20.4 Å². The highest BCUT2D eigenvalue weighted by atomic mass is 16.6. The van der Waals surface area contributed by atoms with Gasteiger partial charge >= 0.3 is 17.5 Å². The maximum absolute atomic E-state index is 12.2. The fourth-order valence-electron chi connectivity index (χ4n) is 2.94. The number of carbonyl (C=O) groups is 2. The van der Waals surface area contributed by atoms with Crippen LogP contribution in [0.2, 0.25) is 0 Å². The first-order valence-electron chi connectivity index (χ1n) is 9.49. The molecule has 15 nitrogen and oxygen atoms in total. The van der Waals surface area contributed by atoms with Crippen LogP contribution >= 0.6 is 0 Å². The normalized spacial score (nSPS) is 10.6. The van der Waals surface area contributed by atoms with Crippen LogP contribution < -0.4 is 10.6 Å². The minimum atomic E-state index is -0.683. The molecule has 0 atom stereocenters. The van der Waals surface area contributed by atoms with E-state index in [0.717, 1.165) is 6.07 Å². The predicted molar refractivity (Wildman–Crippen MR) is 110 cm³/mol. The summed E-state index contributed by atoms with van der Waals surface area (Å²) in [6, 6.07) is 5.24. The summed E-state index contributed by atoms with van der Waals surface area (Å²) in [5.74, 6) is -1.45. The Hall–Kier alpha value is -4.69. The molecule has 2 amide bonds. The maximum atomic E-state index is 12.2. The summed E-state index contributed by atoms with van der Waals surface area (Å²) in [4.78, 5) is 48.9. The number of carbonyl (C=O) groups excluding carboxylic acids is 2. The van der Waals surface area contributed by atoms with Gasteiger partial charge in [0.25, 0.3) is 11.6 Å². The Morgan fingerprint density at radius 3 is 2.42 bits per heavy atom. The van der Waals surface area contributed by atoms with Crippen molar-refractivity contribution in [3.8, 4) is 0 Å². The van der Waals surface area contributed by atoms with E-state index in [2.05, 4.69) is 25.9 Å². The number of nitrogens with zero attached hydrogens (tertiary/aromatic N) is 6. The number of benzene rings is 1. The second-order valence-corrected chi connectivity index (χ2v) is 6.77. The molecule has 2 aromatic heterocycles. The molecule has 33 heavy (non-hydrogen) atoms. The van der Waals surface area contributed by atoms with Crippen molar-refractivity contribution in [1.82, 2.24) is 30.6 Å². The van der Waals surface area contributed by atoms with Gasteiger partial charge in [-0.2, -0.15) is 10.1 Å². The number of aromatic nitrogens is 4. The molecule has 0 aliphatic rings.